The molecule has 0 amide bonds. The second-order valence-electron chi connectivity index (χ2n) is 9.44. The van der Waals surface area contributed by atoms with E-state index in [-0.39, 0.29) is 11.6 Å². The van der Waals surface area contributed by atoms with Gasteiger partial charge < -0.3 is 10.5 Å². The first-order valence-corrected chi connectivity index (χ1v) is 12.1. The van der Waals surface area contributed by atoms with Crippen LogP contribution >= 0.6 is 11.6 Å². The van der Waals surface area contributed by atoms with Crippen molar-refractivity contribution in [2.24, 2.45) is 17.1 Å². The Morgan fingerprint density at radius 2 is 1.86 bits per heavy atom. The molecule has 2 aliphatic carbocycles. The smallest absolute Gasteiger partial charge is 0.191 e. The van der Waals surface area contributed by atoms with Crippen molar-refractivity contribution in [2.75, 3.05) is 0 Å². The molecule has 0 aliphatic heterocycles. The predicted octanol–water partition coefficient (Wildman–Crippen LogP) is 6.44. The summed E-state index contributed by atoms with van der Waals surface area (Å²) in [5.74, 6) is 0.149. The highest BCUT2D eigenvalue weighted by Crippen LogP contribution is 2.56. The van der Waals surface area contributed by atoms with Gasteiger partial charge in [-0.3, -0.25) is 0 Å². The molecule has 2 aromatic carbocycles. The van der Waals surface area contributed by atoms with Gasteiger partial charge in [0.15, 0.2) is 5.41 Å². The van der Waals surface area contributed by atoms with E-state index < -0.39 is 11.3 Å². The van der Waals surface area contributed by atoms with Crippen molar-refractivity contribution >= 4 is 11.6 Å². The third-order valence-corrected chi connectivity index (χ3v) is 7.59. The van der Waals surface area contributed by atoms with E-state index in [4.69, 9.17) is 22.1 Å². The first-order valence-electron chi connectivity index (χ1n) is 11.7. The van der Waals surface area contributed by atoms with Crippen molar-refractivity contribution in [3.8, 4) is 24.0 Å². The Morgan fingerprint density at radius 3 is 2.51 bits per heavy atom. The van der Waals surface area contributed by atoms with Crippen LogP contribution in [0.25, 0.3) is 0 Å². The highest BCUT2D eigenvalue weighted by atomic mass is 35.5. The first kappa shape index (κ1) is 24.4. The van der Waals surface area contributed by atoms with Crippen LogP contribution in [0, 0.1) is 66.1 Å². The van der Waals surface area contributed by atoms with Gasteiger partial charge in [-0.15, -0.1) is 0 Å². The number of benzene rings is 2. The quantitative estimate of drug-likeness (QED) is 0.539. The summed E-state index contributed by atoms with van der Waals surface area (Å²) in [4.78, 5) is 0. The number of fused-ring (bicyclic) bond motifs is 1. The van der Waals surface area contributed by atoms with Crippen molar-refractivity contribution in [1.82, 2.24) is 0 Å². The van der Waals surface area contributed by atoms with Crippen LogP contribution in [0.3, 0.4) is 0 Å². The lowest BCUT2D eigenvalue weighted by Crippen LogP contribution is -2.43. The lowest BCUT2D eigenvalue weighted by atomic mass is 9.56. The molecule has 176 valence electrons. The molecule has 0 saturated carbocycles. The largest absolute Gasteiger partial charge is 0.489 e. The van der Waals surface area contributed by atoms with Gasteiger partial charge in [-0.25, -0.2) is 0 Å². The zero-order chi connectivity index (χ0) is 25.3. The molecule has 0 fully saturated rings. The lowest BCUT2D eigenvalue weighted by Gasteiger charge is -2.44. The van der Waals surface area contributed by atoms with Gasteiger partial charge in [-0.1, -0.05) is 35.4 Å². The van der Waals surface area contributed by atoms with E-state index in [0.717, 1.165) is 58.4 Å². The lowest BCUT2D eigenvalue weighted by molar-refractivity contribution is 0.299. The van der Waals surface area contributed by atoms with Crippen LogP contribution < -0.4 is 10.5 Å². The van der Waals surface area contributed by atoms with E-state index in [2.05, 4.69) is 36.4 Å². The average Bonchev–Trinajstić information content (AvgIpc) is 2.85. The number of aryl methyl sites for hydroxylation is 2. The summed E-state index contributed by atoms with van der Waals surface area (Å²) >= 11 is 6.08. The number of nitriles is 3. The van der Waals surface area contributed by atoms with Gasteiger partial charge in [-0.05, 0) is 92.0 Å². The molecule has 2 aliphatic rings. The molecule has 2 N–H and O–H groups in total. The van der Waals surface area contributed by atoms with E-state index in [1.165, 1.54) is 0 Å². The second-order valence-corrected chi connectivity index (χ2v) is 9.88. The monoisotopic (exact) mass is 482 g/mol. The summed E-state index contributed by atoms with van der Waals surface area (Å²) in [5.41, 5.74) is 10.9. The standard InChI is InChI=1S/C29H27ClN4O/c1-17-10-20(14-35-26-9-8-21(30)12-18(26)2)19(3)24(11-17)27-23-7-5-4-6-22(23)25(13-31)28(34)29(27,15-32)16-33/h6,8-12,23,27H,4-5,7,14,34H2,1-3H3/t23-,27-/m0/s1. The highest BCUT2D eigenvalue weighted by molar-refractivity contribution is 6.30. The fourth-order valence-electron chi connectivity index (χ4n) is 5.58. The fourth-order valence-corrected chi connectivity index (χ4v) is 5.81. The summed E-state index contributed by atoms with van der Waals surface area (Å²) in [6, 6.07) is 16.3. The van der Waals surface area contributed by atoms with Crippen LogP contribution in [-0.2, 0) is 6.61 Å². The van der Waals surface area contributed by atoms with E-state index in [1.807, 2.05) is 32.9 Å². The molecule has 0 bridgehead atoms. The Bertz CT molecular complexity index is 1370. The van der Waals surface area contributed by atoms with Crippen molar-refractivity contribution in [1.29, 1.82) is 15.8 Å². The molecule has 0 spiro atoms. The van der Waals surface area contributed by atoms with E-state index in [1.54, 1.807) is 6.07 Å². The maximum absolute atomic E-state index is 10.3. The van der Waals surface area contributed by atoms with Crippen LogP contribution in [0.15, 0.2) is 53.3 Å². The maximum Gasteiger partial charge on any atom is 0.191 e. The van der Waals surface area contributed by atoms with Crippen LogP contribution in [-0.4, -0.2) is 0 Å². The number of hydrogen-bond donors (Lipinski definition) is 1. The number of halogens is 1. The van der Waals surface area contributed by atoms with Gasteiger partial charge >= 0.3 is 0 Å². The summed E-state index contributed by atoms with van der Waals surface area (Å²) in [6.07, 6.45) is 4.65. The van der Waals surface area contributed by atoms with Crippen molar-refractivity contribution in [2.45, 2.75) is 52.6 Å². The van der Waals surface area contributed by atoms with Gasteiger partial charge in [0.05, 0.1) is 23.4 Å². The molecule has 0 heterocycles. The van der Waals surface area contributed by atoms with E-state index >= 15 is 0 Å². The van der Waals surface area contributed by atoms with Crippen LogP contribution in [0.4, 0.5) is 0 Å². The SMILES string of the molecule is Cc1cc(COc2ccc(Cl)cc2C)c(C)c([C@@H]2[C@H]3CCCC=C3C(C#N)=C(N)C2(C#N)C#N)c1. The summed E-state index contributed by atoms with van der Waals surface area (Å²) in [5, 5.41) is 31.2. The highest BCUT2D eigenvalue weighted by Gasteiger charge is 2.54. The molecule has 4 rings (SSSR count). The van der Waals surface area contributed by atoms with E-state index in [9.17, 15) is 15.8 Å². The van der Waals surface area contributed by atoms with Crippen molar-refractivity contribution < 1.29 is 4.74 Å². The van der Waals surface area contributed by atoms with Gasteiger partial charge in [0.1, 0.15) is 18.4 Å². The number of nitrogens with two attached hydrogens (primary N) is 1. The third-order valence-electron chi connectivity index (χ3n) is 7.35. The normalized spacial score (nSPS) is 20.7. The number of nitrogens with zero attached hydrogens (tertiary/aromatic N) is 3. The minimum atomic E-state index is -1.62. The molecule has 0 saturated heterocycles. The molecular weight excluding hydrogens is 456 g/mol. The maximum atomic E-state index is 10.3. The minimum Gasteiger partial charge on any atom is -0.489 e. The van der Waals surface area contributed by atoms with Crippen molar-refractivity contribution in [3.63, 3.8) is 0 Å². The minimum absolute atomic E-state index is 0.0647. The Balaban J connectivity index is 1.85. The number of hydrogen-bond acceptors (Lipinski definition) is 5. The average molecular weight is 483 g/mol. The molecule has 5 nitrogen and oxygen atoms in total. The topological polar surface area (TPSA) is 107 Å². The number of allylic oxidation sites excluding steroid dienone is 4. The van der Waals surface area contributed by atoms with Gasteiger partial charge in [0, 0.05) is 10.9 Å². The molecule has 0 aromatic heterocycles. The molecule has 2 aromatic rings. The van der Waals surface area contributed by atoms with Crippen LogP contribution in [0.2, 0.25) is 5.02 Å². The van der Waals surface area contributed by atoms with Gasteiger partial charge in [0.2, 0.25) is 0 Å². The molecular formula is C29H27ClN4O. The Labute approximate surface area is 211 Å². The summed E-state index contributed by atoms with van der Waals surface area (Å²) in [6.45, 7) is 6.29. The predicted molar refractivity (Wildman–Crippen MR) is 135 cm³/mol. The summed E-state index contributed by atoms with van der Waals surface area (Å²) < 4.78 is 6.15. The molecule has 0 unspecified atom stereocenters. The molecule has 2 atom stereocenters. The van der Waals surface area contributed by atoms with Gasteiger partial charge in [-0.2, -0.15) is 15.8 Å². The zero-order valence-electron chi connectivity index (χ0n) is 20.2. The van der Waals surface area contributed by atoms with Crippen LogP contribution in [0.1, 0.15) is 53.0 Å². The van der Waals surface area contributed by atoms with Crippen LogP contribution in [0.5, 0.6) is 5.75 Å². The van der Waals surface area contributed by atoms with E-state index in [0.29, 0.717) is 17.2 Å². The third kappa shape index (κ3) is 4.05. The zero-order valence-corrected chi connectivity index (χ0v) is 20.9. The summed E-state index contributed by atoms with van der Waals surface area (Å²) in [7, 11) is 0. The van der Waals surface area contributed by atoms with Crippen molar-refractivity contribution in [3.05, 3.63) is 86.1 Å². The Morgan fingerprint density at radius 1 is 1.11 bits per heavy atom. The van der Waals surface area contributed by atoms with Gasteiger partial charge in [0.25, 0.3) is 0 Å². The molecule has 6 heteroatoms. The Kier molecular flexibility index (Phi) is 6.62. The number of rotatable bonds is 4. The molecule has 35 heavy (non-hydrogen) atoms. The fraction of sp³-hybridized carbons (Fsp3) is 0.345. The molecule has 0 radical (unpaired) electrons. The first-order chi connectivity index (χ1) is 16.8. The Hall–Kier alpha value is -3.72. The number of ether oxygens (including phenoxy) is 1. The second kappa shape index (κ2) is 9.50.